The smallest absolute Gasteiger partial charge is 0.163 e. The van der Waals surface area contributed by atoms with E-state index in [9.17, 15) is 0 Å². The molecule has 0 fully saturated rings. The zero-order chi connectivity index (χ0) is 10.1. The number of hydrogen-bond acceptors (Lipinski definition) is 4. The van der Waals surface area contributed by atoms with Crippen molar-refractivity contribution in [2.24, 2.45) is 0 Å². The first-order chi connectivity index (χ1) is 6.72. The highest BCUT2D eigenvalue weighted by atomic mass is 15.3. The van der Waals surface area contributed by atoms with Crippen LogP contribution in [0.5, 0.6) is 0 Å². The third-order valence-electron chi connectivity index (χ3n) is 2.07. The average Bonchev–Trinajstić information content (AvgIpc) is 2.49. The minimum atomic E-state index is 0.509. The van der Waals surface area contributed by atoms with Gasteiger partial charge in [0.25, 0.3) is 0 Å². The molecule has 2 N–H and O–H groups in total. The van der Waals surface area contributed by atoms with Crippen molar-refractivity contribution < 1.29 is 0 Å². The van der Waals surface area contributed by atoms with Crippen molar-refractivity contribution in [1.29, 1.82) is 0 Å². The standard InChI is InChI=1S/C9H13N5/c1-3-4-14-9-7(5-11-14)8(10)12-6(2)13-9/h5H,3-4H2,1-2H3,(H2,10,12,13). The summed E-state index contributed by atoms with van der Waals surface area (Å²) in [7, 11) is 0. The molecule has 0 aliphatic heterocycles. The summed E-state index contributed by atoms with van der Waals surface area (Å²) in [5.41, 5.74) is 6.59. The molecule has 0 saturated heterocycles. The number of nitrogen functional groups attached to an aromatic ring is 1. The largest absolute Gasteiger partial charge is 0.383 e. The van der Waals surface area contributed by atoms with Crippen LogP contribution in [0.4, 0.5) is 5.82 Å². The van der Waals surface area contributed by atoms with E-state index in [-0.39, 0.29) is 0 Å². The summed E-state index contributed by atoms with van der Waals surface area (Å²) in [4.78, 5) is 8.41. The first kappa shape index (κ1) is 8.93. The van der Waals surface area contributed by atoms with Gasteiger partial charge in [-0.15, -0.1) is 0 Å². The predicted octanol–water partition coefficient (Wildman–Crippen LogP) is 1.13. The molecule has 2 rings (SSSR count). The van der Waals surface area contributed by atoms with Gasteiger partial charge in [-0.25, -0.2) is 14.6 Å². The summed E-state index contributed by atoms with van der Waals surface area (Å²) in [6, 6.07) is 0. The molecule has 0 aliphatic rings. The first-order valence-electron chi connectivity index (χ1n) is 4.68. The van der Waals surface area contributed by atoms with Gasteiger partial charge in [0.2, 0.25) is 0 Å². The Kier molecular flexibility index (Phi) is 2.07. The summed E-state index contributed by atoms with van der Waals surface area (Å²) >= 11 is 0. The van der Waals surface area contributed by atoms with Gasteiger partial charge in [0, 0.05) is 6.54 Å². The molecule has 0 spiro atoms. The number of fused-ring (bicyclic) bond motifs is 1. The Labute approximate surface area is 82.0 Å². The van der Waals surface area contributed by atoms with E-state index in [1.165, 1.54) is 0 Å². The van der Waals surface area contributed by atoms with Gasteiger partial charge < -0.3 is 5.73 Å². The van der Waals surface area contributed by atoms with Crippen LogP contribution in [-0.4, -0.2) is 19.7 Å². The highest BCUT2D eigenvalue weighted by molar-refractivity contribution is 5.84. The third-order valence-corrected chi connectivity index (χ3v) is 2.07. The van der Waals surface area contributed by atoms with Gasteiger partial charge in [-0.1, -0.05) is 6.92 Å². The lowest BCUT2D eigenvalue weighted by atomic mass is 10.4. The molecule has 0 saturated carbocycles. The number of hydrogen-bond donors (Lipinski definition) is 1. The van der Waals surface area contributed by atoms with E-state index in [2.05, 4.69) is 22.0 Å². The Bertz CT molecular complexity index is 459. The molecule has 0 amide bonds. The van der Waals surface area contributed by atoms with E-state index in [1.54, 1.807) is 6.20 Å². The maximum atomic E-state index is 5.76. The molecule has 14 heavy (non-hydrogen) atoms. The maximum Gasteiger partial charge on any atom is 0.163 e. The Balaban J connectivity index is 2.66. The molecular formula is C9H13N5. The normalized spacial score (nSPS) is 11.0. The van der Waals surface area contributed by atoms with Gasteiger partial charge in [0.15, 0.2) is 5.65 Å². The van der Waals surface area contributed by atoms with Gasteiger partial charge in [-0.05, 0) is 13.3 Å². The Hall–Kier alpha value is -1.65. The minimum Gasteiger partial charge on any atom is -0.383 e. The number of nitrogens with two attached hydrogens (primary N) is 1. The van der Waals surface area contributed by atoms with Crippen LogP contribution < -0.4 is 5.73 Å². The molecule has 5 heteroatoms. The van der Waals surface area contributed by atoms with Crippen molar-refractivity contribution in [3.8, 4) is 0 Å². The summed E-state index contributed by atoms with van der Waals surface area (Å²) in [6.45, 7) is 4.80. The monoisotopic (exact) mass is 191 g/mol. The second-order valence-electron chi connectivity index (χ2n) is 3.26. The van der Waals surface area contributed by atoms with Crippen LogP contribution in [0.15, 0.2) is 6.20 Å². The predicted molar refractivity (Wildman–Crippen MR) is 54.8 cm³/mol. The van der Waals surface area contributed by atoms with Crippen LogP contribution >= 0.6 is 0 Å². The molecule has 0 unspecified atom stereocenters. The molecule has 74 valence electrons. The highest BCUT2D eigenvalue weighted by Gasteiger charge is 2.07. The van der Waals surface area contributed by atoms with E-state index in [1.807, 2.05) is 11.6 Å². The van der Waals surface area contributed by atoms with Gasteiger partial charge >= 0.3 is 0 Å². The third kappa shape index (κ3) is 1.30. The molecule has 5 nitrogen and oxygen atoms in total. The van der Waals surface area contributed by atoms with Crippen molar-refractivity contribution in [2.45, 2.75) is 26.8 Å². The first-order valence-corrected chi connectivity index (χ1v) is 4.68. The fourth-order valence-electron chi connectivity index (χ4n) is 1.47. The molecule has 0 bridgehead atoms. The van der Waals surface area contributed by atoms with Gasteiger partial charge in [-0.3, -0.25) is 0 Å². The van der Waals surface area contributed by atoms with Crippen LogP contribution in [0.2, 0.25) is 0 Å². The zero-order valence-electron chi connectivity index (χ0n) is 8.36. The van der Waals surface area contributed by atoms with Gasteiger partial charge in [0.1, 0.15) is 11.6 Å². The summed E-state index contributed by atoms with van der Waals surface area (Å²) < 4.78 is 1.86. The SMILES string of the molecule is CCCn1ncc2c(N)nc(C)nc21. The van der Waals surface area contributed by atoms with Gasteiger partial charge in [0.05, 0.1) is 11.6 Å². The average molecular weight is 191 g/mol. The van der Waals surface area contributed by atoms with E-state index in [0.717, 1.165) is 24.0 Å². The van der Waals surface area contributed by atoms with Gasteiger partial charge in [-0.2, -0.15) is 5.10 Å². The number of aryl methyl sites for hydroxylation is 2. The van der Waals surface area contributed by atoms with Crippen molar-refractivity contribution in [3.63, 3.8) is 0 Å². The van der Waals surface area contributed by atoms with Crippen LogP contribution in [0, 0.1) is 6.92 Å². The van der Waals surface area contributed by atoms with E-state index >= 15 is 0 Å². The topological polar surface area (TPSA) is 69.6 Å². The summed E-state index contributed by atoms with van der Waals surface area (Å²) in [5, 5.41) is 5.06. The molecule has 0 atom stereocenters. The van der Waals surface area contributed by atoms with Crippen LogP contribution in [0.3, 0.4) is 0 Å². The molecule has 0 radical (unpaired) electrons. The zero-order valence-corrected chi connectivity index (χ0v) is 8.36. The van der Waals surface area contributed by atoms with E-state index < -0.39 is 0 Å². The summed E-state index contributed by atoms with van der Waals surface area (Å²) in [5.74, 6) is 1.20. The lowest BCUT2D eigenvalue weighted by Gasteiger charge is -2.01. The number of nitrogens with zero attached hydrogens (tertiary/aromatic N) is 4. The van der Waals surface area contributed by atoms with Crippen molar-refractivity contribution in [1.82, 2.24) is 19.7 Å². The maximum absolute atomic E-state index is 5.76. The number of anilines is 1. The van der Waals surface area contributed by atoms with Crippen LogP contribution in [0.1, 0.15) is 19.2 Å². The second kappa shape index (κ2) is 3.25. The lowest BCUT2D eigenvalue weighted by Crippen LogP contribution is -2.02. The number of rotatable bonds is 2. The lowest BCUT2D eigenvalue weighted by molar-refractivity contribution is 0.616. The molecule has 0 aromatic carbocycles. The van der Waals surface area contributed by atoms with Crippen LogP contribution in [0.25, 0.3) is 11.0 Å². The Morgan fingerprint density at radius 1 is 1.43 bits per heavy atom. The fraction of sp³-hybridized carbons (Fsp3) is 0.444. The van der Waals surface area contributed by atoms with Crippen molar-refractivity contribution in [2.75, 3.05) is 5.73 Å². The molecule has 0 aliphatic carbocycles. The Morgan fingerprint density at radius 2 is 2.21 bits per heavy atom. The van der Waals surface area contributed by atoms with E-state index in [4.69, 9.17) is 5.73 Å². The molecular weight excluding hydrogens is 178 g/mol. The van der Waals surface area contributed by atoms with Crippen molar-refractivity contribution in [3.05, 3.63) is 12.0 Å². The van der Waals surface area contributed by atoms with Crippen molar-refractivity contribution >= 4 is 16.9 Å². The fourth-order valence-corrected chi connectivity index (χ4v) is 1.47. The molecule has 2 heterocycles. The molecule has 2 aromatic heterocycles. The van der Waals surface area contributed by atoms with E-state index in [0.29, 0.717) is 11.6 Å². The Morgan fingerprint density at radius 3 is 2.93 bits per heavy atom. The number of aromatic nitrogens is 4. The quantitative estimate of drug-likeness (QED) is 0.772. The highest BCUT2D eigenvalue weighted by Crippen LogP contribution is 2.16. The second-order valence-corrected chi connectivity index (χ2v) is 3.26. The summed E-state index contributed by atoms with van der Waals surface area (Å²) in [6.07, 6.45) is 2.75. The minimum absolute atomic E-state index is 0.509. The molecule has 2 aromatic rings. The van der Waals surface area contributed by atoms with Crippen LogP contribution in [-0.2, 0) is 6.54 Å².